The van der Waals surface area contributed by atoms with Gasteiger partial charge in [-0.25, -0.2) is 4.39 Å². The third kappa shape index (κ3) is 4.07. The van der Waals surface area contributed by atoms with Crippen molar-refractivity contribution in [1.82, 2.24) is 10.2 Å². The van der Waals surface area contributed by atoms with Gasteiger partial charge in [0.05, 0.1) is 11.4 Å². The molecule has 1 aromatic carbocycles. The van der Waals surface area contributed by atoms with Crippen molar-refractivity contribution in [3.63, 3.8) is 0 Å². The molecule has 1 atom stereocenters. The fraction of sp³-hybridized carbons (Fsp3) is 0.538. The molecule has 0 spiro atoms. The van der Waals surface area contributed by atoms with Gasteiger partial charge in [-0.05, 0) is 17.7 Å². The van der Waals surface area contributed by atoms with Crippen LogP contribution in [0, 0.1) is 5.82 Å². The molecule has 1 fully saturated rings. The van der Waals surface area contributed by atoms with Gasteiger partial charge in [0.15, 0.2) is 0 Å². The fourth-order valence-corrected chi connectivity index (χ4v) is 2.51. The van der Waals surface area contributed by atoms with E-state index in [1.165, 1.54) is 12.1 Å². The maximum absolute atomic E-state index is 13.5. The number of nitrogens with one attached hydrogen (secondary N) is 1. The lowest BCUT2D eigenvalue weighted by molar-refractivity contribution is -0.148. The summed E-state index contributed by atoms with van der Waals surface area (Å²) in [6.07, 6.45) is -5.29. The molecule has 1 saturated heterocycles. The van der Waals surface area contributed by atoms with Crippen LogP contribution in [-0.4, -0.2) is 37.3 Å². The maximum Gasteiger partial charge on any atom is 0.390 e. The molecular formula is C13H15ClF4N2. The molecule has 1 aromatic rings. The van der Waals surface area contributed by atoms with Crippen molar-refractivity contribution in [2.24, 2.45) is 0 Å². The van der Waals surface area contributed by atoms with E-state index in [1.54, 1.807) is 4.90 Å². The molecule has 0 unspecified atom stereocenters. The van der Waals surface area contributed by atoms with Gasteiger partial charge >= 0.3 is 6.18 Å². The average Bonchev–Trinajstić information content (AvgIpc) is 2.39. The van der Waals surface area contributed by atoms with E-state index in [9.17, 15) is 17.6 Å². The highest BCUT2D eigenvalue weighted by Gasteiger charge is 2.36. The van der Waals surface area contributed by atoms with E-state index in [4.69, 9.17) is 11.6 Å². The molecule has 0 aromatic heterocycles. The standard InChI is InChI=1S/C13H15ClF4N2/c14-10-2-1-9(7-11(10)15)12(8-13(16,17)18)20-5-3-19-4-6-20/h1-2,7,12,19H,3-6,8H2/t12-/m1/s1. The molecule has 0 radical (unpaired) electrons. The Hall–Kier alpha value is -0.850. The van der Waals surface area contributed by atoms with Crippen LogP contribution in [0.2, 0.25) is 5.02 Å². The number of hydrogen-bond donors (Lipinski definition) is 1. The van der Waals surface area contributed by atoms with Gasteiger partial charge in [-0.15, -0.1) is 0 Å². The van der Waals surface area contributed by atoms with Crippen molar-refractivity contribution in [1.29, 1.82) is 0 Å². The highest BCUT2D eigenvalue weighted by Crippen LogP contribution is 2.34. The first kappa shape index (κ1) is 15.5. The lowest BCUT2D eigenvalue weighted by atomic mass is 10.0. The van der Waals surface area contributed by atoms with Gasteiger partial charge in [0.25, 0.3) is 0 Å². The number of nitrogens with zero attached hydrogens (tertiary/aromatic N) is 1. The number of benzene rings is 1. The van der Waals surface area contributed by atoms with E-state index in [1.807, 2.05) is 0 Å². The number of alkyl halides is 3. The van der Waals surface area contributed by atoms with E-state index < -0.39 is 24.5 Å². The third-order valence-electron chi connectivity index (χ3n) is 3.35. The van der Waals surface area contributed by atoms with Gasteiger partial charge in [-0.1, -0.05) is 17.7 Å². The number of rotatable bonds is 3. The minimum Gasteiger partial charge on any atom is -0.314 e. The average molecular weight is 311 g/mol. The molecule has 2 rings (SSSR count). The second-order valence-corrected chi connectivity index (χ2v) is 5.20. The van der Waals surface area contributed by atoms with Crippen LogP contribution in [0.1, 0.15) is 18.0 Å². The van der Waals surface area contributed by atoms with Crippen molar-refractivity contribution in [2.45, 2.75) is 18.6 Å². The summed E-state index contributed by atoms with van der Waals surface area (Å²) in [5, 5.41) is 3.00. The van der Waals surface area contributed by atoms with Crippen molar-refractivity contribution < 1.29 is 17.6 Å². The number of hydrogen-bond acceptors (Lipinski definition) is 2. The van der Waals surface area contributed by atoms with Crippen molar-refractivity contribution in [3.05, 3.63) is 34.6 Å². The molecule has 1 aliphatic rings. The van der Waals surface area contributed by atoms with E-state index >= 15 is 0 Å². The Morgan fingerprint density at radius 1 is 1.25 bits per heavy atom. The van der Waals surface area contributed by atoms with Crippen LogP contribution >= 0.6 is 11.6 Å². The summed E-state index contributed by atoms with van der Waals surface area (Å²) in [5.74, 6) is -0.688. The van der Waals surface area contributed by atoms with E-state index in [2.05, 4.69) is 5.32 Å². The Morgan fingerprint density at radius 2 is 1.90 bits per heavy atom. The second-order valence-electron chi connectivity index (χ2n) is 4.79. The summed E-state index contributed by atoms with van der Waals surface area (Å²) in [7, 11) is 0. The summed E-state index contributed by atoms with van der Waals surface area (Å²) in [6, 6.07) is 2.99. The van der Waals surface area contributed by atoms with Gasteiger partial charge < -0.3 is 5.32 Å². The van der Waals surface area contributed by atoms with Crippen molar-refractivity contribution in [2.75, 3.05) is 26.2 Å². The summed E-state index contributed by atoms with van der Waals surface area (Å²) >= 11 is 5.58. The minimum atomic E-state index is -4.30. The predicted molar refractivity (Wildman–Crippen MR) is 69.3 cm³/mol. The fourth-order valence-electron chi connectivity index (χ4n) is 2.39. The first-order valence-corrected chi connectivity index (χ1v) is 6.71. The number of halogens is 5. The van der Waals surface area contributed by atoms with E-state index in [0.29, 0.717) is 31.7 Å². The SMILES string of the molecule is Fc1cc([C@@H](CC(F)(F)F)N2CCNCC2)ccc1Cl. The van der Waals surface area contributed by atoms with Crippen LogP contribution in [0.15, 0.2) is 18.2 Å². The highest BCUT2D eigenvalue weighted by molar-refractivity contribution is 6.30. The molecule has 0 amide bonds. The van der Waals surface area contributed by atoms with Crippen LogP contribution in [0.5, 0.6) is 0 Å². The Labute approximate surface area is 119 Å². The summed E-state index contributed by atoms with van der Waals surface area (Å²) in [4.78, 5) is 1.73. The molecule has 20 heavy (non-hydrogen) atoms. The van der Waals surface area contributed by atoms with Gasteiger partial charge in [-0.2, -0.15) is 13.2 Å². The Morgan fingerprint density at radius 3 is 2.45 bits per heavy atom. The zero-order valence-electron chi connectivity index (χ0n) is 10.7. The van der Waals surface area contributed by atoms with Crippen LogP contribution < -0.4 is 5.32 Å². The summed E-state index contributed by atoms with van der Waals surface area (Å²) < 4.78 is 51.8. The Balaban J connectivity index is 2.26. The quantitative estimate of drug-likeness (QED) is 0.861. The molecule has 0 bridgehead atoms. The third-order valence-corrected chi connectivity index (χ3v) is 3.65. The Kier molecular flexibility index (Phi) is 4.88. The first-order chi connectivity index (χ1) is 9.37. The molecule has 1 heterocycles. The summed E-state index contributed by atoms with van der Waals surface area (Å²) in [6.45, 7) is 2.27. The molecule has 1 N–H and O–H groups in total. The van der Waals surface area contributed by atoms with Gasteiger partial charge in [0.1, 0.15) is 5.82 Å². The molecule has 2 nitrogen and oxygen atoms in total. The number of piperazine rings is 1. The zero-order valence-corrected chi connectivity index (χ0v) is 11.4. The maximum atomic E-state index is 13.5. The predicted octanol–water partition coefficient (Wildman–Crippen LogP) is 3.38. The van der Waals surface area contributed by atoms with Crippen LogP contribution in [0.3, 0.4) is 0 Å². The topological polar surface area (TPSA) is 15.3 Å². The molecule has 112 valence electrons. The molecule has 7 heteroatoms. The zero-order chi connectivity index (χ0) is 14.8. The second kappa shape index (κ2) is 6.28. The Bertz CT molecular complexity index is 458. The van der Waals surface area contributed by atoms with Gasteiger partial charge in [-0.3, -0.25) is 4.90 Å². The van der Waals surface area contributed by atoms with Crippen LogP contribution in [-0.2, 0) is 0 Å². The monoisotopic (exact) mass is 310 g/mol. The van der Waals surface area contributed by atoms with Crippen molar-refractivity contribution in [3.8, 4) is 0 Å². The largest absolute Gasteiger partial charge is 0.390 e. The minimum absolute atomic E-state index is 0.0835. The normalized spacial score (nSPS) is 19.1. The molecular weight excluding hydrogens is 296 g/mol. The molecule has 1 aliphatic heterocycles. The van der Waals surface area contributed by atoms with E-state index in [-0.39, 0.29) is 5.02 Å². The van der Waals surface area contributed by atoms with Gasteiger partial charge in [0.2, 0.25) is 0 Å². The van der Waals surface area contributed by atoms with E-state index in [0.717, 1.165) is 6.07 Å². The lowest BCUT2D eigenvalue weighted by Crippen LogP contribution is -2.46. The lowest BCUT2D eigenvalue weighted by Gasteiger charge is -2.35. The molecule has 0 aliphatic carbocycles. The first-order valence-electron chi connectivity index (χ1n) is 6.33. The molecule has 0 saturated carbocycles. The van der Waals surface area contributed by atoms with Crippen LogP contribution in [0.25, 0.3) is 0 Å². The highest BCUT2D eigenvalue weighted by atomic mass is 35.5. The summed E-state index contributed by atoms with van der Waals surface area (Å²) in [5.41, 5.74) is 0.311. The smallest absolute Gasteiger partial charge is 0.314 e. The van der Waals surface area contributed by atoms with Crippen LogP contribution in [0.4, 0.5) is 17.6 Å². The van der Waals surface area contributed by atoms with Crippen molar-refractivity contribution >= 4 is 11.6 Å². The van der Waals surface area contributed by atoms with Gasteiger partial charge in [0, 0.05) is 32.2 Å².